The Morgan fingerprint density at radius 1 is 1.10 bits per heavy atom. The van der Waals surface area contributed by atoms with E-state index in [1.165, 1.54) is 0 Å². The van der Waals surface area contributed by atoms with Crippen LogP contribution >= 0.6 is 0 Å². The third-order valence-electron chi connectivity index (χ3n) is 5.11. The number of nitrogens with zero attached hydrogens (tertiary/aromatic N) is 2. The Labute approximate surface area is 119 Å². The van der Waals surface area contributed by atoms with Crippen molar-refractivity contribution in [1.82, 2.24) is 9.80 Å². The van der Waals surface area contributed by atoms with E-state index in [0.717, 1.165) is 51.3 Å². The topological polar surface area (TPSA) is 43.8 Å². The molecule has 106 valence electrons. The predicted octanol–water partition coefficient (Wildman–Crippen LogP) is 0.751. The molecule has 4 aliphatic heterocycles. The molecule has 4 saturated heterocycles. The fraction of sp³-hybridized carbons (Fsp3) is 0.562. The monoisotopic (exact) mass is 272 g/mol. The summed E-state index contributed by atoms with van der Waals surface area (Å²) in [4.78, 5) is 17.8. The highest BCUT2D eigenvalue weighted by Crippen LogP contribution is 2.40. The number of piperidine rings is 2. The Hall–Kier alpha value is -1.39. The maximum Gasteiger partial charge on any atom is 0.147 e. The minimum absolute atomic E-state index is 0.206. The van der Waals surface area contributed by atoms with Crippen LogP contribution < -0.4 is 0 Å². The van der Waals surface area contributed by atoms with E-state index >= 15 is 0 Å². The fourth-order valence-electron chi connectivity index (χ4n) is 4.30. The summed E-state index contributed by atoms with van der Waals surface area (Å²) in [5, 5.41) is 9.40. The second-order valence-electron chi connectivity index (χ2n) is 6.65. The molecule has 0 aliphatic carbocycles. The fourth-order valence-corrected chi connectivity index (χ4v) is 4.30. The molecule has 4 fully saturated rings. The van der Waals surface area contributed by atoms with Gasteiger partial charge >= 0.3 is 0 Å². The highest BCUT2D eigenvalue weighted by Gasteiger charge is 2.53. The Kier molecular flexibility index (Phi) is 2.66. The summed E-state index contributed by atoms with van der Waals surface area (Å²) >= 11 is 0. The number of Topliss-reactive ketones (excluding diaryl/α,β-unsaturated/α-hetero) is 1. The first-order valence-electron chi connectivity index (χ1n) is 7.42. The molecule has 0 amide bonds. The quantitative estimate of drug-likeness (QED) is 0.863. The maximum atomic E-state index is 12.8. The van der Waals surface area contributed by atoms with E-state index in [9.17, 15) is 9.90 Å². The summed E-state index contributed by atoms with van der Waals surface area (Å²) in [6.45, 7) is 5.90. The van der Waals surface area contributed by atoms with Crippen molar-refractivity contribution in [2.75, 3.05) is 39.3 Å². The van der Waals surface area contributed by atoms with Crippen molar-refractivity contribution in [2.45, 2.75) is 6.42 Å². The van der Waals surface area contributed by atoms with Crippen LogP contribution in [0.15, 0.2) is 24.3 Å². The molecule has 4 nitrogen and oxygen atoms in total. The molecular formula is C16H20N2O2. The lowest BCUT2D eigenvalue weighted by molar-refractivity contribution is -0.144. The second kappa shape index (κ2) is 4.30. The van der Waals surface area contributed by atoms with Gasteiger partial charge in [0.25, 0.3) is 0 Å². The third kappa shape index (κ3) is 1.86. The average molecular weight is 272 g/mol. The van der Waals surface area contributed by atoms with Crippen LogP contribution in [0.3, 0.4) is 0 Å². The second-order valence-corrected chi connectivity index (χ2v) is 6.65. The number of ketones is 1. The van der Waals surface area contributed by atoms with Gasteiger partial charge in [-0.3, -0.25) is 4.79 Å². The first-order valence-corrected chi connectivity index (χ1v) is 7.42. The molecule has 0 spiro atoms. The molecule has 0 radical (unpaired) electrons. The van der Waals surface area contributed by atoms with Gasteiger partial charge in [-0.1, -0.05) is 12.1 Å². The SMILES string of the molecule is O=C1C2CN3CCN(C2)CC1(Cc1ccc(O)cc1)C3. The zero-order valence-electron chi connectivity index (χ0n) is 11.6. The third-order valence-corrected chi connectivity index (χ3v) is 5.11. The van der Waals surface area contributed by atoms with Gasteiger partial charge in [0.2, 0.25) is 0 Å². The van der Waals surface area contributed by atoms with Crippen molar-refractivity contribution < 1.29 is 9.90 Å². The summed E-state index contributed by atoms with van der Waals surface area (Å²) in [6, 6.07) is 7.33. The van der Waals surface area contributed by atoms with Crippen molar-refractivity contribution in [3.05, 3.63) is 29.8 Å². The number of aromatic hydroxyl groups is 1. The van der Waals surface area contributed by atoms with Crippen molar-refractivity contribution in [3.63, 3.8) is 0 Å². The summed E-state index contributed by atoms with van der Waals surface area (Å²) < 4.78 is 0. The van der Waals surface area contributed by atoms with Crippen LogP contribution in [-0.4, -0.2) is 60.0 Å². The summed E-state index contributed by atoms with van der Waals surface area (Å²) in [5.74, 6) is 0.965. The van der Waals surface area contributed by atoms with Crippen molar-refractivity contribution >= 4 is 5.78 Å². The lowest BCUT2D eigenvalue weighted by Gasteiger charge is -2.48. The van der Waals surface area contributed by atoms with E-state index < -0.39 is 0 Å². The van der Waals surface area contributed by atoms with Crippen LogP contribution in [0.2, 0.25) is 0 Å². The molecule has 4 bridgehead atoms. The van der Waals surface area contributed by atoms with Gasteiger partial charge in [-0.05, 0) is 24.1 Å². The average Bonchev–Trinajstić information content (AvgIpc) is 2.67. The van der Waals surface area contributed by atoms with Crippen LogP contribution in [-0.2, 0) is 11.2 Å². The Morgan fingerprint density at radius 2 is 1.70 bits per heavy atom. The molecule has 2 atom stereocenters. The first-order chi connectivity index (χ1) is 9.64. The molecule has 2 unspecified atom stereocenters. The van der Waals surface area contributed by atoms with Gasteiger partial charge < -0.3 is 14.9 Å². The number of fused-ring (bicyclic) bond motifs is 1. The van der Waals surface area contributed by atoms with Gasteiger partial charge in [-0.15, -0.1) is 0 Å². The molecular weight excluding hydrogens is 252 g/mol. The smallest absolute Gasteiger partial charge is 0.147 e. The van der Waals surface area contributed by atoms with Crippen molar-refractivity contribution in [3.8, 4) is 5.75 Å². The highest BCUT2D eigenvalue weighted by atomic mass is 16.3. The Morgan fingerprint density at radius 3 is 2.30 bits per heavy atom. The number of rotatable bonds is 2. The zero-order chi connectivity index (χ0) is 13.7. The summed E-state index contributed by atoms with van der Waals surface area (Å²) in [5.41, 5.74) is 0.926. The summed E-state index contributed by atoms with van der Waals surface area (Å²) in [7, 11) is 0. The molecule has 20 heavy (non-hydrogen) atoms. The van der Waals surface area contributed by atoms with Gasteiger partial charge in [-0.25, -0.2) is 0 Å². The highest BCUT2D eigenvalue weighted by molar-refractivity contribution is 5.90. The van der Waals surface area contributed by atoms with E-state index in [0.29, 0.717) is 5.78 Å². The number of hydrogen-bond donors (Lipinski definition) is 1. The lowest BCUT2D eigenvalue weighted by atomic mass is 9.68. The van der Waals surface area contributed by atoms with Gasteiger partial charge in [-0.2, -0.15) is 0 Å². The van der Waals surface area contributed by atoms with E-state index in [1.54, 1.807) is 12.1 Å². The normalized spacial score (nSPS) is 39.0. The minimum atomic E-state index is -0.228. The Bertz CT molecular complexity index is 524. The lowest BCUT2D eigenvalue weighted by Crippen LogP contribution is -2.62. The zero-order valence-corrected chi connectivity index (χ0v) is 11.6. The van der Waals surface area contributed by atoms with E-state index in [2.05, 4.69) is 9.80 Å². The number of phenols is 1. The van der Waals surface area contributed by atoms with Crippen molar-refractivity contribution in [1.29, 1.82) is 0 Å². The molecule has 0 aromatic heterocycles. The molecule has 4 heterocycles. The number of carbonyl (C=O) groups is 1. The number of phenolic OH excluding ortho intramolecular Hbond substituents is 1. The van der Waals surface area contributed by atoms with Gasteiger partial charge in [0.15, 0.2) is 0 Å². The maximum absolute atomic E-state index is 12.8. The minimum Gasteiger partial charge on any atom is -0.508 e. The molecule has 1 aromatic rings. The first kappa shape index (κ1) is 12.4. The number of carbonyl (C=O) groups excluding carboxylic acids is 1. The van der Waals surface area contributed by atoms with Gasteiger partial charge in [0.05, 0.1) is 5.41 Å². The molecule has 1 N–H and O–H groups in total. The largest absolute Gasteiger partial charge is 0.508 e. The predicted molar refractivity (Wildman–Crippen MR) is 75.6 cm³/mol. The van der Waals surface area contributed by atoms with E-state index in [4.69, 9.17) is 0 Å². The van der Waals surface area contributed by atoms with E-state index in [-0.39, 0.29) is 17.1 Å². The molecule has 5 rings (SSSR count). The standard InChI is InChI=1S/C16H20N2O2/c19-14-3-1-12(2-4-14)7-16-10-17-5-6-18(11-16)9-13(8-17)15(16)20/h1-4,13,19H,5-11H2. The molecule has 4 aliphatic rings. The van der Waals surface area contributed by atoms with E-state index in [1.807, 2.05) is 12.1 Å². The number of benzene rings is 1. The molecule has 4 heteroatoms. The number of hydrogen-bond acceptors (Lipinski definition) is 4. The molecule has 0 saturated carbocycles. The van der Waals surface area contributed by atoms with Crippen LogP contribution in [0.25, 0.3) is 0 Å². The van der Waals surface area contributed by atoms with Crippen LogP contribution in [0.4, 0.5) is 0 Å². The van der Waals surface area contributed by atoms with Crippen LogP contribution in [0.1, 0.15) is 5.56 Å². The van der Waals surface area contributed by atoms with Crippen LogP contribution in [0.5, 0.6) is 5.75 Å². The van der Waals surface area contributed by atoms with Gasteiger partial charge in [0, 0.05) is 45.2 Å². The van der Waals surface area contributed by atoms with Crippen LogP contribution in [0, 0.1) is 11.3 Å². The van der Waals surface area contributed by atoms with Gasteiger partial charge in [0.1, 0.15) is 11.5 Å². The molecule has 1 aromatic carbocycles. The summed E-state index contributed by atoms with van der Waals surface area (Å²) in [6.07, 6.45) is 0.801. The Balaban J connectivity index is 1.67. The van der Waals surface area contributed by atoms with Crippen molar-refractivity contribution in [2.24, 2.45) is 11.3 Å².